The summed E-state index contributed by atoms with van der Waals surface area (Å²) in [4.78, 5) is 21.5. The Morgan fingerprint density at radius 1 is 1.13 bits per heavy atom. The minimum Gasteiger partial charge on any atom is -0.395 e. The molecule has 2 saturated heterocycles. The van der Waals surface area contributed by atoms with Crippen LogP contribution in [-0.2, 0) is 11.2 Å². The number of allylic oxidation sites excluding steroid dienone is 1. The average molecular weight is 406 g/mol. The van der Waals surface area contributed by atoms with E-state index in [-0.39, 0.29) is 30.5 Å². The monoisotopic (exact) mass is 405 g/mol. The van der Waals surface area contributed by atoms with Gasteiger partial charge < -0.3 is 10.0 Å². The predicted molar refractivity (Wildman–Crippen MR) is 119 cm³/mol. The van der Waals surface area contributed by atoms with Gasteiger partial charge in [0.2, 0.25) is 5.91 Å². The lowest BCUT2D eigenvalue weighted by Crippen LogP contribution is -2.68. The molecule has 2 aliphatic rings. The van der Waals surface area contributed by atoms with Crippen molar-refractivity contribution in [3.05, 3.63) is 71.6 Å². The van der Waals surface area contributed by atoms with Gasteiger partial charge >= 0.3 is 0 Å². The summed E-state index contributed by atoms with van der Waals surface area (Å²) < 4.78 is 0. The van der Waals surface area contributed by atoms with E-state index in [1.165, 1.54) is 11.1 Å². The highest BCUT2D eigenvalue weighted by Gasteiger charge is 2.49. The Labute approximate surface area is 179 Å². The SMILES string of the molecule is C/C=C/c1ccc([C@H]2[C@@H](CO)N3CCCCN(C(=O)Cc4ccncc4)C[C@@H]23)cc1. The number of carbonyl (C=O) groups is 1. The Balaban J connectivity index is 1.52. The van der Waals surface area contributed by atoms with Crippen LogP contribution in [0, 0.1) is 0 Å². The van der Waals surface area contributed by atoms with E-state index in [0.29, 0.717) is 6.42 Å². The molecule has 0 aliphatic carbocycles. The molecule has 0 bridgehead atoms. The Hall–Kier alpha value is -2.50. The van der Waals surface area contributed by atoms with Crippen molar-refractivity contribution >= 4 is 12.0 Å². The fourth-order valence-corrected chi connectivity index (χ4v) is 4.98. The van der Waals surface area contributed by atoms with Crippen LogP contribution in [0.25, 0.3) is 6.08 Å². The molecule has 30 heavy (non-hydrogen) atoms. The third-order valence-corrected chi connectivity index (χ3v) is 6.51. The number of aliphatic hydroxyl groups is 1. The van der Waals surface area contributed by atoms with Gasteiger partial charge in [-0.3, -0.25) is 14.7 Å². The molecule has 3 atom stereocenters. The lowest BCUT2D eigenvalue weighted by atomic mass is 9.74. The van der Waals surface area contributed by atoms with Gasteiger partial charge in [-0.2, -0.15) is 0 Å². The normalized spacial score (nSPS) is 24.7. The van der Waals surface area contributed by atoms with Crippen LogP contribution < -0.4 is 0 Å². The van der Waals surface area contributed by atoms with E-state index in [2.05, 4.69) is 40.2 Å². The fourth-order valence-electron chi connectivity index (χ4n) is 4.98. The number of nitrogens with zero attached hydrogens (tertiary/aromatic N) is 3. The first kappa shape index (κ1) is 20.8. The number of fused-ring (bicyclic) bond motifs is 1. The van der Waals surface area contributed by atoms with E-state index < -0.39 is 0 Å². The molecular weight excluding hydrogens is 374 g/mol. The third-order valence-electron chi connectivity index (χ3n) is 6.51. The maximum absolute atomic E-state index is 13.0. The van der Waals surface area contributed by atoms with Gasteiger partial charge in [-0.15, -0.1) is 0 Å². The van der Waals surface area contributed by atoms with Gasteiger partial charge in [0.1, 0.15) is 0 Å². The highest BCUT2D eigenvalue weighted by atomic mass is 16.3. The van der Waals surface area contributed by atoms with Crippen LogP contribution in [0.2, 0.25) is 0 Å². The number of rotatable bonds is 5. The first-order valence-corrected chi connectivity index (χ1v) is 11.0. The summed E-state index contributed by atoms with van der Waals surface area (Å²) >= 11 is 0. The fraction of sp³-hybridized carbons (Fsp3) is 0.440. The van der Waals surface area contributed by atoms with E-state index in [0.717, 1.165) is 38.0 Å². The second-order valence-electron chi connectivity index (χ2n) is 8.33. The van der Waals surface area contributed by atoms with Crippen LogP contribution in [0.5, 0.6) is 0 Å². The molecule has 5 nitrogen and oxygen atoms in total. The standard InChI is InChI=1S/C25H31N3O2/c1-2-5-19-6-8-21(9-7-19)25-22-17-27(14-3-4-15-28(22)23(25)18-29)24(30)16-20-10-12-26-13-11-20/h2,5-13,22-23,25,29H,3-4,14-18H2,1H3/b5-2+/t22-,23+,25+/m0/s1. The molecule has 2 aliphatic heterocycles. The van der Waals surface area contributed by atoms with Crippen molar-refractivity contribution in [2.24, 2.45) is 0 Å². The van der Waals surface area contributed by atoms with Crippen LogP contribution >= 0.6 is 0 Å². The van der Waals surface area contributed by atoms with E-state index in [1.54, 1.807) is 12.4 Å². The molecule has 1 aromatic heterocycles. The lowest BCUT2D eigenvalue weighted by molar-refractivity contribution is -0.135. The molecule has 1 amide bonds. The summed E-state index contributed by atoms with van der Waals surface area (Å²) in [5.74, 6) is 0.432. The molecular formula is C25H31N3O2. The van der Waals surface area contributed by atoms with Crippen molar-refractivity contribution in [2.45, 2.75) is 44.2 Å². The van der Waals surface area contributed by atoms with Gasteiger partial charge in [0, 0.05) is 43.5 Å². The maximum Gasteiger partial charge on any atom is 0.227 e. The molecule has 4 rings (SSSR count). The van der Waals surface area contributed by atoms with Crippen molar-refractivity contribution in [2.75, 3.05) is 26.2 Å². The second kappa shape index (κ2) is 9.54. The Kier molecular flexibility index (Phi) is 6.60. The number of pyridine rings is 1. The highest BCUT2D eigenvalue weighted by molar-refractivity contribution is 5.78. The zero-order chi connectivity index (χ0) is 20.9. The van der Waals surface area contributed by atoms with E-state index in [1.807, 2.05) is 30.0 Å². The second-order valence-corrected chi connectivity index (χ2v) is 8.33. The summed E-state index contributed by atoms with van der Waals surface area (Å²) in [5, 5.41) is 10.1. The van der Waals surface area contributed by atoms with Crippen molar-refractivity contribution < 1.29 is 9.90 Å². The lowest BCUT2D eigenvalue weighted by Gasteiger charge is -2.57. The molecule has 0 spiro atoms. The van der Waals surface area contributed by atoms with Crippen LogP contribution in [0.1, 0.15) is 42.4 Å². The predicted octanol–water partition coefficient (Wildman–Crippen LogP) is 3.11. The van der Waals surface area contributed by atoms with Crippen molar-refractivity contribution in [3.8, 4) is 0 Å². The number of benzene rings is 1. The van der Waals surface area contributed by atoms with Crippen LogP contribution in [0.3, 0.4) is 0 Å². The molecule has 1 aromatic carbocycles. The number of aromatic nitrogens is 1. The molecule has 0 unspecified atom stereocenters. The highest BCUT2D eigenvalue weighted by Crippen LogP contribution is 2.42. The van der Waals surface area contributed by atoms with Crippen molar-refractivity contribution in [1.82, 2.24) is 14.8 Å². The third kappa shape index (κ3) is 4.32. The van der Waals surface area contributed by atoms with E-state index >= 15 is 0 Å². The van der Waals surface area contributed by atoms with Gasteiger partial charge in [0.15, 0.2) is 0 Å². The summed E-state index contributed by atoms with van der Waals surface area (Å²) in [6.45, 7) is 4.70. The van der Waals surface area contributed by atoms with Crippen molar-refractivity contribution in [3.63, 3.8) is 0 Å². The van der Waals surface area contributed by atoms with Crippen LogP contribution in [0.15, 0.2) is 54.9 Å². The first-order valence-electron chi connectivity index (χ1n) is 11.0. The Morgan fingerprint density at radius 3 is 2.57 bits per heavy atom. The van der Waals surface area contributed by atoms with Gasteiger partial charge in [-0.05, 0) is 55.1 Å². The molecule has 1 N–H and O–H groups in total. The molecule has 2 aromatic rings. The summed E-state index contributed by atoms with van der Waals surface area (Å²) in [6, 6.07) is 12.9. The van der Waals surface area contributed by atoms with E-state index in [4.69, 9.17) is 0 Å². The number of aliphatic hydroxyl groups excluding tert-OH is 1. The van der Waals surface area contributed by atoms with Crippen molar-refractivity contribution in [1.29, 1.82) is 0 Å². The maximum atomic E-state index is 13.0. The minimum absolute atomic E-state index is 0.137. The number of amides is 1. The molecule has 3 heterocycles. The topological polar surface area (TPSA) is 56.7 Å². The Morgan fingerprint density at radius 2 is 1.87 bits per heavy atom. The summed E-state index contributed by atoms with van der Waals surface area (Å²) in [7, 11) is 0. The summed E-state index contributed by atoms with van der Waals surface area (Å²) in [5.41, 5.74) is 3.45. The molecule has 0 radical (unpaired) electrons. The molecule has 158 valence electrons. The van der Waals surface area contributed by atoms with Gasteiger partial charge in [0.25, 0.3) is 0 Å². The summed E-state index contributed by atoms with van der Waals surface area (Å²) in [6.07, 6.45) is 10.1. The Bertz CT molecular complexity index is 866. The van der Waals surface area contributed by atoms with Crippen LogP contribution in [0.4, 0.5) is 0 Å². The molecule has 5 heteroatoms. The largest absolute Gasteiger partial charge is 0.395 e. The smallest absolute Gasteiger partial charge is 0.227 e. The zero-order valence-corrected chi connectivity index (χ0v) is 17.7. The molecule has 0 saturated carbocycles. The average Bonchev–Trinajstić information content (AvgIpc) is 2.74. The minimum atomic E-state index is 0.137. The molecule has 2 fully saturated rings. The van der Waals surface area contributed by atoms with Crippen LogP contribution in [-0.4, -0.2) is 64.1 Å². The zero-order valence-electron chi connectivity index (χ0n) is 17.7. The quantitative estimate of drug-likeness (QED) is 0.831. The van der Waals surface area contributed by atoms with Gasteiger partial charge in [-0.1, -0.05) is 36.4 Å². The number of carbonyl (C=O) groups excluding carboxylic acids is 1. The van der Waals surface area contributed by atoms with E-state index in [9.17, 15) is 9.90 Å². The number of hydrogen-bond donors (Lipinski definition) is 1. The number of hydrogen-bond acceptors (Lipinski definition) is 4. The van der Waals surface area contributed by atoms with Gasteiger partial charge in [0.05, 0.1) is 13.0 Å². The first-order chi connectivity index (χ1) is 14.7. The van der Waals surface area contributed by atoms with Gasteiger partial charge in [-0.25, -0.2) is 0 Å².